The number of pyridine rings is 1. The van der Waals surface area contributed by atoms with Gasteiger partial charge in [-0.3, -0.25) is 0 Å². The van der Waals surface area contributed by atoms with Crippen LogP contribution in [0.5, 0.6) is 0 Å². The van der Waals surface area contributed by atoms with Crippen molar-refractivity contribution in [2.24, 2.45) is 0 Å². The van der Waals surface area contributed by atoms with Gasteiger partial charge in [0, 0.05) is 17.8 Å². The van der Waals surface area contributed by atoms with E-state index in [0.29, 0.717) is 13.3 Å². The normalized spacial score (nSPS) is 10.2. The van der Waals surface area contributed by atoms with Crippen molar-refractivity contribution in [1.82, 2.24) is 0 Å². The summed E-state index contributed by atoms with van der Waals surface area (Å²) in [5.74, 6) is 0. The van der Waals surface area contributed by atoms with E-state index in [9.17, 15) is 0 Å². The molecule has 0 aliphatic carbocycles. The van der Waals surface area contributed by atoms with E-state index in [4.69, 9.17) is 10.5 Å². The van der Waals surface area contributed by atoms with Crippen LogP contribution in [0.4, 0.5) is 5.69 Å². The molecule has 3 nitrogen and oxygen atoms in total. The molecule has 0 fully saturated rings. The molecular formula is C13H15N2O+. The molecular weight excluding hydrogens is 200 g/mol. The first kappa shape index (κ1) is 10.6. The smallest absolute Gasteiger partial charge is 0.252 e. The highest BCUT2D eigenvalue weighted by Gasteiger charge is 1.98. The lowest BCUT2D eigenvalue weighted by molar-refractivity contribution is -0.733. The summed E-state index contributed by atoms with van der Waals surface area (Å²) < 4.78 is 7.55. The lowest BCUT2D eigenvalue weighted by Crippen LogP contribution is -2.33. The molecule has 1 heterocycles. The summed E-state index contributed by atoms with van der Waals surface area (Å²) in [5.41, 5.74) is 7.55. The summed E-state index contributed by atoms with van der Waals surface area (Å²) in [7, 11) is 0. The number of hydrogen-bond acceptors (Lipinski definition) is 2. The van der Waals surface area contributed by atoms with Crippen molar-refractivity contribution >= 4 is 5.69 Å². The fourth-order valence-electron chi connectivity index (χ4n) is 1.47. The Morgan fingerprint density at radius 2 is 1.88 bits per heavy atom. The molecule has 0 aliphatic rings. The van der Waals surface area contributed by atoms with E-state index in [0.717, 1.165) is 11.3 Å². The molecule has 0 saturated heterocycles. The first-order valence-corrected chi connectivity index (χ1v) is 5.21. The molecule has 2 rings (SSSR count). The summed E-state index contributed by atoms with van der Waals surface area (Å²) in [4.78, 5) is 0. The number of nitrogen functional groups attached to an aromatic ring is 1. The number of nitrogens with two attached hydrogens (primary N) is 1. The van der Waals surface area contributed by atoms with Crippen LogP contribution in [-0.2, 0) is 18.1 Å². The molecule has 2 aromatic rings. The Morgan fingerprint density at radius 3 is 2.62 bits per heavy atom. The zero-order valence-electron chi connectivity index (χ0n) is 9.04. The number of hydrogen-bond donors (Lipinski definition) is 1. The van der Waals surface area contributed by atoms with Gasteiger partial charge < -0.3 is 10.5 Å². The van der Waals surface area contributed by atoms with Crippen molar-refractivity contribution in [1.29, 1.82) is 0 Å². The van der Waals surface area contributed by atoms with Gasteiger partial charge in [-0.1, -0.05) is 18.2 Å². The summed E-state index contributed by atoms with van der Waals surface area (Å²) >= 11 is 0. The van der Waals surface area contributed by atoms with Gasteiger partial charge in [-0.25, -0.2) is 0 Å². The third kappa shape index (κ3) is 3.07. The lowest BCUT2D eigenvalue weighted by Gasteiger charge is -2.02. The Morgan fingerprint density at radius 1 is 1.06 bits per heavy atom. The summed E-state index contributed by atoms with van der Waals surface area (Å²) in [5, 5.41) is 0. The summed E-state index contributed by atoms with van der Waals surface area (Å²) in [6.45, 7) is 1.13. The van der Waals surface area contributed by atoms with Gasteiger partial charge in [-0.2, -0.15) is 4.57 Å². The van der Waals surface area contributed by atoms with E-state index >= 15 is 0 Å². The van der Waals surface area contributed by atoms with E-state index < -0.39 is 0 Å². The number of aromatic nitrogens is 1. The van der Waals surface area contributed by atoms with Crippen LogP contribution < -0.4 is 10.3 Å². The van der Waals surface area contributed by atoms with Crippen molar-refractivity contribution in [3.63, 3.8) is 0 Å². The predicted molar refractivity (Wildman–Crippen MR) is 62.3 cm³/mol. The van der Waals surface area contributed by atoms with Crippen LogP contribution in [0.1, 0.15) is 5.56 Å². The zero-order valence-corrected chi connectivity index (χ0v) is 9.04. The largest absolute Gasteiger partial charge is 0.399 e. The van der Waals surface area contributed by atoms with Gasteiger partial charge in [0.1, 0.15) is 0 Å². The van der Waals surface area contributed by atoms with Crippen LogP contribution in [0.25, 0.3) is 0 Å². The number of nitrogens with zero attached hydrogens (tertiary/aromatic N) is 1. The number of rotatable bonds is 4. The van der Waals surface area contributed by atoms with E-state index in [1.54, 1.807) is 0 Å². The fourth-order valence-corrected chi connectivity index (χ4v) is 1.47. The average Bonchev–Trinajstić information content (AvgIpc) is 2.30. The molecule has 0 radical (unpaired) electrons. The minimum Gasteiger partial charge on any atom is -0.399 e. The van der Waals surface area contributed by atoms with Crippen LogP contribution in [0.3, 0.4) is 0 Å². The Balaban J connectivity index is 1.85. The molecule has 0 saturated carbocycles. The molecule has 1 aromatic carbocycles. The van der Waals surface area contributed by atoms with E-state index in [2.05, 4.69) is 0 Å². The van der Waals surface area contributed by atoms with Gasteiger partial charge in [0.15, 0.2) is 12.4 Å². The number of anilines is 1. The van der Waals surface area contributed by atoms with Crippen molar-refractivity contribution in [3.05, 3.63) is 60.4 Å². The van der Waals surface area contributed by atoms with Gasteiger partial charge in [0.25, 0.3) is 6.73 Å². The van der Waals surface area contributed by atoms with Crippen molar-refractivity contribution < 1.29 is 9.30 Å². The van der Waals surface area contributed by atoms with Gasteiger partial charge in [0.05, 0.1) is 6.61 Å². The van der Waals surface area contributed by atoms with E-state index in [-0.39, 0.29) is 0 Å². The van der Waals surface area contributed by atoms with Crippen LogP contribution in [0.15, 0.2) is 54.9 Å². The Labute approximate surface area is 95.1 Å². The van der Waals surface area contributed by atoms with Crippen LogP contribution in [0.2, 0.25) is 0 Å². The number of ether oxygens (including phenoxy) is 1. The highest BCUT2D eigenvalue weighted by Crippen LogP contribution is 2.07. The maximum atomic E-state index is 5.68. The Hall–Kier alpha value is -1.87. The molecule has 82 valence electrons. The van der Waals surface area contributed by atoms with Crippen LogP contribution >= 0.6 is 0 Å². The molecule has 0 bridgehead atoms. The monoisotopic (exact) mass is 215 g/mol. The maximum Gasteiger partial charge on any atom is 0.252 e. The first-order valence-electron chi connectivity index (χ1n) is 5.21. The third-order valence-corrected chi connectivity index (χ3v) is 2.24. The fraction of sp³-hybridized carbons (Fsp3) is 0.154. The lowest BCUT2D eigenvalue weighted by atomic mass is 10.2. The van der Waals surface area contributed by atoms with Crippen LogP contribution in [-0.4, -0.2) is 0 Å². The summed E-state index contributed by atoms with van der Waals surface area (Å²) in [6, 6.07) is 13.7. The molecule has 0 atom stereocenters. The maximum absolute atomic E-state index is 5.68. The summed E-state index contributed by atoms with van der Waals surface area (Å²) in [6.07, 6.45) is 3.94. The molecule has 3 heteroatoms. The van der Waals surface area contributed by atoms with Gasteiger partial charge in [-0.05, 0) is 17.7 Å². The highest BCUT2D eigenvalue weighted by atomic mass is 16.5. The molecule has 0 aliphatic heterocycles. The molecule has 1 aromatic heterocycles. The van der Waals surface area contributed by atoms with Crippen molar-refractivity contribution in [2.45, 2.75) is 13.3 Å². The van der Waals surface area contributed by atoms with E-state index in [1.165, 1.54) is 0 Å². The molecule has 0 unspecified atom stereocenters. The van der Waals surface area contributed by atoms with Crippen molar-refractivity contribution in [3.8, 4) is 0 Å². The number of benzene rings is 1. The Bertz CT molecular complexity index is 443. The minimum atomic E-state index is 0.551. The molecule has 0 spiro atoms. The van der Waals surface area contributed by atoms with Crippen LogP contribution in [0, 0.1) is 0 Å². The quantitative estimate of drug-likeness (QED) is 0.623. The topological polar surface area (TPSA) is 39.1 Å². The second-order valence-electron chi connectivity index (χ2n) is 3.61. The van der Waals surface area contributed by atoms with Gasteiger partial charge in [-0.15, -0.1) is 0 Å². The molecule has 2 N–H and O–H groups in total. The Kier molecular flexibility index (Phi) is 3.51. The average molecular weight is 215 g/mol. The SMILES string of the molecule is Nc1cccc(COC[n+]2ccccc2)c1. The van der Waals surface area contributed by atoms with E-state index in [1.807, 2.05) is 59.4 Å². The standard InChI is InChI=1S/C13H15N2O/c14-13-6-4-5-12(9-13)10-16-11-15-7-2-1-3-8-15/h1-9H,10-11,14H2/q+1. The van der Waals surface area contributed by atoms with Gasteiger partial charge in [0.2, 0.25) is 0 Å². The second-order valence-corrected chi connectivity index (χ2v) is 3.61. The first-order chi connectivity index (χ1) is 7.84. The predicted octanol–water partition coefficient (Wildman–Crippen LogP) is 1.73. The second kappa shape index (κ2) is 5.28. The minimum absolute atomic E-state index is 0.551. The zero-order chi connectivity index (χ0) is 11.2. The third-order valence-electron chi connectivity index (χ3n) is 2.24. The molecule has 0 amide bonds. The molecule has 16 heavy (non-hydrogen) atoms. The van der Waals surface area contributed by atoms with Crippen molar-refractivity contribution in [2.75, 3.05) is 5.73 Å². The van der Waals surface area contributed by atoms with Gasteiger partial charge >= 0.3 is 0 Å². The highest BCUT2D eigenvalue weighted by molar-refractivity contribution is 5.40.